The molecular formula is C6H8N2O2. The lowest BCUT2D eigenvalue weighted by Gasteiger charge is -1.94. The fraction of sp³-hybridized carbons (Fsp3) is 0.333. The fourth-order valence-electron chi connectivity index (χ4n) is 0.758. The summed E-state index contributed by atoms with van der Waals surface area (Å²) in [7, 11) is 0. The molecule has 1 aromatic rings. The zero-order chi connectivity index (χ0) is 7.56. The molecule has 54 valence electrons. The third-order valence-corrected chi connectivity index (χ3v) is 1.27. The van der Waals surface area contributed by atoms with Crippen molar-refractivity contribution in [2.24, 2.45) is 0 Å². The Morgan fingerprint density at radius 3 is 3.00 bits per heavy atom. The molecule has 0 bridgehead atoms. The molecule has 0 aliphatic rings. The van der Waals surface area contributed by atoms with Gasteiger partial charge in [0, 0.05) is 6.54 Å². The summed E-state index contributed by atoms with van der Waals surface area (Å²) in [6, 6.07) is 0. The summed E-state index contributed by atoms with van der Waals surface area (Å²) in [6.07, 6.45) is 1.85. The number of hydrogen-bond acceptors (Lipinski definition) is 3. The highest BCUT2D eigenvalue weighted by atomic mass is 16.3. The maximum absolute atomic E-state index is 10.2. The van der Waals surface area contributed by atoms with E-state index in [9.17, 15) is 4.79 Å². The monoisotopic (exact) mass is 140 g/mol. The second kappa shape index (κ2) is 2.51. The number of aryl methyl sites for hydroxylation is 1. The first-order valence-corrected chi connectivity index (χ1v) is 2.99. The number of aldehydes is 1. The zero-order valence-electron chi connectivity index (χ0n) is 5.61. The first kappa shape index (κ1) is 6.80. The number of nitrogens with zero attached hydrogens (tertiary/aromatic N) is 2. The van der Waals surface area contributed by atoms with Crippen LogP contribution in [0.15, 0.2) is 6.20 Å². The number of carbonyl (C=O) groups is 1. The summed E-state index contributed by atoms with van der Waals surface area (Å²) >= 11 is 0. The van der Waals surface area contributed by atoms with E-state index in [0.717, 1.165) is 0 Å². The molecule has 0 amide bonds. The van der Waals surface area contributed by atoms with Gasteiger partial charge in [-0.1, -0.05) is 0 Å². The van der Waals surface area contributed by atoms with Crippen molar-refractivity contribution in [3.05, 3.63) is 11.9 Å². The Morgan fingerprint density at radius 1 is 1.90 bits per heavy atom. The molecule has 4 heteroatoms. The van der Waals surface area contributed by atoms with E-state index in [0.29, 0.717) is 12.8 Å². The van der Waals surface area contributed by atoms with Gasteiger partial charge in [-0.05, 0) is 6.92 Å². The van der Waals surface area contributed by atoms with Crippen LogP contribution in [0.25, 0.3) is 0 Å². The van der Waals surface area contributed by atoms with Gasteiger partial charge in [-0.15, -0.1) is 0 Å². The maximum Gasteiger partial charge on any atom is 0.171 e. The molecule has 0 saturated carbocycles. The Balaban J connectivity index is 3.12. The third-order valence-electron chi connectivity index (χ3n) is 1.27. The normalized spacial score (nSPS) is 9.70. The van der Waals surface area contributed by atoms with Gasteiger partial charge in [0.1, 0.15) is 5.69 Å². The fourth-order valence-corrected chi connectivity index (χ4v) is 0.758. The van der Waals surface area contributed by atoms with Gasteiger partial charge in [0.05, 0.1) is 6.20 Å². The molecule has 0 radical (unpaired) electrons. The Kier molecular flexibility index (Phi) is 1.71. The standard InChI is InChI=1S/C6H8N2O2/c1-2-8-5(4-9)6(10)3-7-8/h3-4,10H,2H2,1H3. The molecule has 4 nitrogen and oxygen atoms in total. The Labute approximate surface area is 58.1 Å². The summed E-state index contributed by atoms with van der Waals surface area (Å²) < 4.78 is 1.43. The maximum atomic E-state index is 10.2. The van der Waals surface area contributed by atoms with Gasteiger partial charge in [0.25, 0.3) is 0 Å². The minimum atomic E-state index is -0.0585. The molecule has 0 unspecified atom stereocenters. The Hall–Kier alpha value is -1.32. The second-order valence-electron chi connectivity index (χ2n) is 1.85. The largest absolute Gasteiger partial charge is 0.504 e. The lowest BCUT2D eigenvalue weighted by molar-refractivity contribution is 0.111. The van der Waals surface area contributed by atoms with Gasteiger partial charge < -0.3 is 5.11 Å². The quantitative estimate of drug-likeness (QED) is 0.606. The van der Waals surface area contributed by atoms with Crippen molar-refractivity contribution in [1.29, 1.82) is 0 Å². The van der Waals surface area contributed by atoms with Crippen LogP contribution < -0.4 is 0 Å². The van der Waals surface area contributed by atoms with E-state index in [2.05, 4.69) is 5.10 Å². The molecule has 0 fully saturated rings. The summed E-state index contributed by atoms with van der Waals surface area (Å²) in [5, 5.41) is 12.7. The van der Waals surface area contributed by atoms with Gasteiger partial charge in [-0.2, -0.15) is 5.10 Å². The van der Waals surface area contributed by atoms with Crippen molar-refractivity contribution < 1.29 is 9.90 Å². The molecule has 0 aliphatic carbocycles. The molecule has 0 saturated heterocycles. The van der Waals surface area contributed by atoms with Crippen molar-refractivity contribution in [2.75, 3.05) is 0 Å². The number of aromatic nitrogens is 2. The minimum absolute atomic E-state index is 0.0585. The lowest BCUT2D eigenvalue weighted by atomic mass is 10.4. The number of rotatable bonds is 2. The van der Waals surface area contributed by atoms with Crippen molar-refractivity contribution >= 4 is 6.29 Å². The number of carbonyl (C=O) groups excluding carboxylic acids is 1. The van der Waals surface area contributed by atoms with Gasteiger partial charge in [-0.3, -0.25) is 9.48 Å². The van der Waals surface area contributed by atoms with E-state index in [-0.39, 0.29) is 11.4 Å². The van der Waals surface area contributed by atoms with Gasteiger partial charge >= 0.3 is 0 Å². The van der Waals surface area contributed by atoms with E-state index < -0.39 is 0 Å². The third kappa shape index (κ3) is 0.877. The molecule has 0 spiro atoms. The molecule has 0 aromatic carbocycles. The minimum Gasteiger partial charge on any atom is -0.504 e. The van der Waals surface area contributed by atoms with E-state index in [4.69, 9.17) is 5.11 Å². The van der Waals surface area contributed by atoms with Crippen molar-refractivity contribution in [3.8, 4) is 5.75 Å². The average Bonchev–Trinajstić information content (AvgIpc) is 2.30. The second-order valence-corrected chi connectivity index (χ2v) is 1.85. The zero-order valence-corrected chi connectivity index (χ0v) is 5.61. The van der Waals surface area contributed by atoms with E-state index >= 15 is 0 Å². The average molecular weight is 140 g/mol. The molecule has 1 rings (SSSR count). The van der Waals surface area contributed by atoms with Crippen molar-refractivity contribution in [3.63, 3.8) is 0 Å². The number of aromatic hydroxyl groups is 1. The van der Waals surface area contributed by atoms with Gasteiger partial charge in [0.15, 0.2) is 12.0 Å². The molecule has 1 aromatic heterocycles. The van der Waals surface area contributed by atoms with Crippen LogP contribution in [0.1, 0.15) is 17.4 Å². The summed E-state index contributed by atoms with van der Waals surface area (Å²) in [5.41, 5.74) is 0.238. The summed E-state index contributed by atoms with van der Waals surface area (Å²) in [4.78, 5) is 10.2. The predicted octanol–water partition coefficient (Wildman–Crippen LogP) is 0.421. The van der Waals surface area contributed by atoms with Crippen LogP contribution in [0.4, 0.5) is 0 Å². The van der Waals surface area contributed by atoms with E-state index in [1.165, 1.54) is 10.9 Å². The van der Waals surface area contributed by atoms with Crippen LogP contribution in [0.3, 0.4) is 0 Å². The lowest BCUT2D eigenvalue weighted by Crippen LogP contribution is -2.00. The van der Waals surface area contributed by atoms with Crippen LogP contribution >= 0.6 is 0 Å². The van der Waals surface area contributed by atoms with Crippen LogP contribution in [-0.4, -0.2) is 21.2 Å². The first-order chi connectivity index (χ1) is 4.79. The molecule has 0 aliphatic heterocycles. The Bertz CT molecular complexity index is 242. The van der Waals surface area contributed by atoms with Crippen LogP contribution in [0, 0.1) is 0 Å². The first-order valence-electron chi connectivity index (χ1n) is 2.99. The van der Waals surface area contributed by atoms with Crippen LogP contribution in [-0.2, 0) is 6.54 Å². The van der Waals surface area contributed by atoms with Crippen LogP contribution in [0.2, 0.25) is 0 Å². The van der Waals surface area contributed by atoms with E-state index in [1.54, 1.807) is 0 Å². The summed E-state index contributed by atoms with van der Waals surface area (Å²) in [5.74, 6) is -0.0585. The number of hydrogen-bond donors (Lipinski definition) is 1. The SMILES string of the molecule is CCn1ncc(O)c1C=O. The highest BCUT2D eigenvalue weighted by Gasteiger charge is 2.05. The smallest absolute Gasteiger partial charge is 0.171 e. The predicted molar refractivity (Wildman–Crippen MR) is 35.0 cm³/mol. The molecule has 1 N–H and O–H groups in total. The molecule has 0 atom stereocenters. The Morgan fingerprint density at radius 2 is 2.60 bits per heavy atom. The highest BCUT2D eigenvalue weighted by Crippen LogP contribution is 2.11. The van der Waals surface area contributed by atoms with Crippen molar-refractivity contribution in [2.45, 2.75) is 13.5 Å². The highest BCUT2D eigenvalue weighted by molar-refractivity contribution is 5.76. The van der Waals surface area contributed by atoms with Gasteiger partial charge in [-0.25, -0.2) is 0 Å². The van der Waals surface area contributed by atoms with E-state index in [1.807, 2.05) is 6.92 Å². The topological polar surface area (TPSA) is 55.1 Å². The molecule has 1 heterocycles. The molecule has 10 heavy (non-hydrogen) atoms. The molecular weight excluding hydrogens is 132 g/mol. The van der Waals surface area contributed by atoms with Crippen LogP contribution in [0.5, 0.6) is 5.75 Å². The van der Waals surface area contributed by atoms with Gasteiger partial charge in [0.2, 0.25) is 0 Å². The summed E-state index contributed by atoms with van der Waals surface area (Å²) in [6.45, 7) is 2.44. The van der Waals surface area contributed by atoms with Crippen molar-refractivity contribution in [1.82, 2.24) is 9.78 Å².